The molecule has 103 heavy (non-hydrogen) atoms. The van der Waals surface area contributed by atoms with Crippen LogP contribution in [0.1, 0.15) is 244 Å². The van der Waals surface area contributed by atoms with E-state index < -0.39 is 0 Å². The van der Waals surface area contributed by atoms with Crippen LogP contribution in [-0.4, -0.2) is 0 Å². The van der Waals surface area contributed by atoms with Crippen LogP contribution in [-0.2, 0) is 38.5 Å². The Hall–Kier alpha value is -8.18. The predicted molar refractivity (Wildman–Crippen MR) is 446 cm³/mol. The summed E-state index contributed by atoms with van der Waals surface area (Å²) in [4.78, 5) is 16.5. The van der Waals surface area contributed by atoms with Crippen LogP contribution in [0.15, 0.2) is 126 Å². The molecule has 3 aromatic carbocycles. The number of benzene rings is 3. The molecule has 0 spiro atoms. The maximum Gasteiger partial charge on any atom is 0.131 e. The highest BCUT2D eigenvalue weighted by Crippen LogP contribution is 2.49. The van der Waals surface area contributed by atoms with Gasteiger partial charge in [0, 0.05) is 75.6 Å². The van der Waals surface area contributed by atoms with Crippen molar-refractivity contribution in [3.05, 3.63) is 174 Å². The van der Waals surface area contributed by atoms with Crippen LogP contribution >= 0.6 is 68.0 Å². The molecule has 0 atom stereocenters. The Morgan fingerprint density at radius 1 is 0.272 bits per heavy atom. The molecule has 0 aliphatic heterocycles. The highest BCUT2D eigenvalue weighted by Gasteiger charge is 2.23. The van der Waals surface area contributed by atoms with Gasteiger partial charge in [-0.1, -0.05) is 194 Å². The number of thiophene rings is 6. The van der Waals surface area contributed by atoms with Crippen molar-refractivity contribution in [2.45, 2.75) is 234 Å². The summed E-state index contributed by atoms with van der Waals surface area (Å²) in [5.41, 5.74) is 14.8. The van der Waals surface area contributed by atoms with Crippen molar-refractivity contribution in [2.75, 3.05) is 4.90 Å². The molecule has 530 valence electrons. The molecule has 0 fully saturated rings. The molecule has 0 unspecified atom stereocenters. The van der Waals surface area contributed by atoms with Gasteiger partial charge in [0.05, 0.1) is 0 Å². The van der Waals surface area contributed by atoms with Gasteiger partial charge in [0.15, 0.2) is 0 Å². The van der Waals surface area contributed by atoms with E-state index in [1.165, 1.54) is 171 Å². The summed E-state index contributed by atoms with van der Waals surface area (Å²) >= 11 is 10.7. The number of rotatable bonds is 42. The third kappa shape index (κ3) is 22.0. The highest BCUT2D eigenvalue weighted by molar-refractivity contribution is 7.25. The Morgan fingerprint density at radius 3 is 0.689 bits per heavy atom. The summed E-state index contributed by atoms with van der Waals surface area (Å²) in [5, 5.41) is 59.1. The summed E-state index contributed by atoms with van der Waals surface area (Å²) in [7, 11) is 0. The van der Waals surface area contributed by atoms with E-state index in [2.05, 4.69) is 192 Å². The molecular formula is C90H99N7S6. The van der Waals surface area contributed by atoms with Gasteiger partial charge >= 0.3 is 0 Å². The largest absolute Gasteiger partial charge is 0.311 e. The summed E-state index contributed by atoms with van der Waals surface area (Å²) in [6, 6.07) is 54.6. The number of allylic oxidation sites excluding steroid dienone is 3. The third-order valence-electron chi connectivity index (χ3n) is 19.2. The first-order valence-corrected chi connectivity index (χ1v) is 42.9. The number of nitriles is 6. The highest BCUT2D eigenvalue weighted by atomic mass is 32.1. The van der Waals surface area contributed by atoms with Crippen molar-refractivity contribution in [1.82, 2.24) is 0 Å². The van der Waals surface area contributed by atoms with Gasteiger partial charge in [-0.25, -0.2) is 0 Å². The molecule has 6 aromatic heterocycles. The molecule has 0 aliphatic carbocycles. The van der Waals surface area contributed by atoms with E-state index in [-0.39, 0.29) is 16.7 Å². The fourth-order valence-electron chi connectivity index (χ4n) is 13.4. The van der Waals surface area contributed by atoms with Crippen LogP contribution < -0.4 is 4.90 Å². The first-order chi connectivity index (χ1) is 50.5. The van der Waals surface area contributed by atoms with Gasteiger partial charge in [-0.3, -0.25) is 0 Å². The normalized spacial score (nSPS) is 11.0. The maximum atomic E-state index is 9.85. The molecule has 0 bridgehead atoms. The average molecular weight is 1470 g/mol. The lowest BCUT2D eigenvalue weighted by Gasteiger charge is -2.26. The number of anilines is 3. The van der Waals surface area contributed by atoms with Crippen molar-refractivity contribution in [3.8, 4) is 97.0 Å². The molecule has 0 amide bonds. The third-order valence-corrected chi connectivity index (χ3v) is 26.8. The molecular weight excluding hydrogens is 1370 g/mol. The van der Waals surface area contributed by atoms with E-state index in [1.54, 1.807) is 52.2 Å². The Balaban J connectivity index is 1.14. The van der Waals surface area contributed by atoms with Gasteiger partial charge in [-0.05, 0) is 218 Å². The number of hydrogen-bond acceptors (Lipinski definition) is 13. The number of hydrogen-bond donors (Lipinski definition) is 0. The zero-order valence-corrected chi connectivity index (χ0v) is 66.3. The zero-order chi connectivity index (χ0) is 72.7. The molecule has 7 nitrogen and oxygen atoms in total. The van der Waals surface area contributed by atoms with E-state index >= 15 is 0 Å². The van der Waals surface area contributed by atoms with Gasteiger partial charge in [0.1, 0.15) is 53.1 Å². The van der Waals surface area contributed by atoms with Crippen LogP contribution in [0.3, 0.4) is 0 Å². The molecule has 0 saturated heterocycles. The Bertz CT molecular complexity index is 4050. The first-order valence-electron chi connectivity index (χ1n) is 38.0. The maximum absolute atomic E-state index is 9.85. The smallest absolute Gasteiger partial charge is 0.131 e. The van der Waals surface area contributed by atoms with Gasteiger partial charge in [-0.2, -0.15) is 31.6 Å². The van der Waals surface area contributed by atoms with Crippen LogP contribution in [0, 0.1) is 68.0 Å². The number of nitrogens with zero attached hydrogens (tertiary/aromatic N) is 7. The van der Waals surface area contributed by atoms with E-state index in [0.717, 1.165) is 147 Å². The van der Waals surface area contributed by atoms with Crippen LogP contribution in [0.25, 0.3) is 78.8 Å². The molecule has 0 radical (unpaired) electrons. The molecule has 6 heterocycles. The molecule has 9 aromatic rings. The minimum absolute atomic E-state index is 0.136. The molecule has 0 aliphatic rings. The molecule has 0 saturated carbocycles. The summed E-state index contributed by atoms with van der Waals surface area (Å²) in [6.45, 7) is 13.5. The summed E-state index contributed by atoms with van der Waals surface area (Å²) < 4.78 is 0. The van der Waals surface area contributed by atoms with Crippen LogP contribution in [0.2, 0.25) is 0 Å². The first kappa shape index (κ1) is 78.9. The van der Waals surface area contributed by atoms with Crippen LogP contribution in [0.4, 0.5) is 17.1 Å². The second kappa shape index (κ2) is 41.9. The van der Waals surface area contributed by atoms with Crippen molar-refractivity contribution in [1.29, 1.82) is 31.6 Å². The number of aryl methyl sites for hydroxylation is 6. The summed E-state index contributed by atoms with van der Waals surface area (Å²) in [6.07, 6.45) is 38.9. The van der Waals surface area contributed by atoms with Crippen LogP contribution in [0.5, 0.6) is 0 Å². The van der Waals surface area contributed by atoms with Crippen molar-refractivity contribution in [2.24, 2.45) is 0 Å². The minimum Gasteiger partial charge on any atom is -0.311 e. The monoisotopic (exact) mass is 1470 g/mol. The van der Waals surface area contributed by atoms with Crippen molar-refractivity contribution < 1.29 is 0 Å². The van der Waals surface area contributed by atoms with E-state index in [9.17, 15) is 31.6 Å². The lowest BCUT2D eigenvalue weighted by Crippen LogP contribution is -2.09. The number of unbranched alkanes of at least 4 members (excludes halogenated alkanes) is 18. The Kier molecular flexibility index (Phi) is 32.1. The Labute approximate surface area is 639 Å². The SMILES string of the molecule is CCCCCCc1cc(-c2cc(CCCCCC)c(-c3ccc(N(c4ccc(-c5sc(-c6cc(CCCCCC)c(C=C(C#N)C#N)s6)cc5CCCCCC)cc4)c4ccc(-c5sc(-c6cc(CCCCCC)c(C=C(C#N)C#N)s6)cc5CCCCCC)cc4)cc3)s2)sc1C=C(C#N)C#N. The second-order valence-electron chi connectivity index (χ2n) is 27.1. The Morgan fingerprint density at radius 2 is 0.476 bits per heavy atom. The zero-order valence-electron chi connectivity index (χ0n) is 61.4. The lowest BCUT2D eigenvalue weighted by molar-refractivity contribution is 0.667. The fraction of sp³-hybridized carbons (Fsp3) is 0.400. The minimum atomic E-state index is 0.136. The fourth-order valence-corrected chi connectivity index (χ4v) is 20.8. The quantitative estimate of drug-likeness (QED) is 0.0273. The van der Waals surface area contributed by atoms with Gasteiger partial charge in [0.25, 0.3) is 0 Å². The predicted octanol–water partition coefficient (Wildman–Crippen LogP) is 29.6. The topological polar surface area (TPSA) is 146 Å². The standard InChI is InChI=1S/C90H99N7S6/c1-7-13-19-25-31-70-52-82(98-79(70)49-64(58-91)59-92)85-55-73(34-28-22-16-10-4)88(101-85)67-37-43-76(44-38-67)97(77-45-39-68(40-46-77)89-74(35-29-23-17-11-5)56-86(102-89)83-53-71(32-26-20-14-8-2)80(99-83)50-65(60-93)61-94)78-47-41-69(42-48-78)90-75(36-30-24-18-12-6)57-87(103-90)84-54-72(33-27-21-15-9-3)81(100-84)51-66(62-95)63-96/h37-57H,7-36H2,1-6H3. The van der Waals surface area contributed by atoms with E-state index in [1.807, 2.05) is 34.0 Å². The molecule has 13 heteroatoms. The van der Waals surface area contributed by atoms with Crippen molar-refractivity contribution in [3.63, 3.8) is 0 Å². The molecule has 0 N–H and O–H groups in total. The van der Waals surface area contributed by atoms with Gasteiger partial charge in [0.2, 0.25) is 0 Å². The summed E-state index contributed by atoms with van der Waals surface area (Å²) in [5.74, 6) is 0. The van der Waals surface area contributed by atoms with E-state index in [4.69, 9.17) is 0 Å². The lowest BCUT2D eigenvalue weighted by atomic mass is 10.0. The van der Waals surface area contributed by atoms with Gasteiger partial charge in [-0.15, -0.1) is 68.0 Å². The second-order valence-corrected chi connectivity index (χ2v) is 33.5. The van der Waals surface area contributed by atoms with Gasteiger partial charge < -0.3 is 4.90 Å². The molecule has 9 rings (SSSR count). The average Bonchev–Trinajstić information content (AvgIpc) is 1.74. The van der Waals surface area contributed by atoms with Crippen molar-refractivity contribution >= 4 is 103 Å². The van der Waals surface area contributed by atoms with E-state index in [0.29, 0.717) is 0 Å².